The lowest BCUT2D eigenvalue weighted by Gasteiger charge is -2.11. The first-order valence-corrected chi connectivity index (χ1v) is 9.24. The van der Waals surface area contributed by atoms with Crippen LogP contribution in [0.2, 0.25) is 5.02 Å². The Bertz CT molecular complexity index is 1070. The van der Waals surface area contributed by atoms with Crippen LogP contribution in [0.5, 0.6) is 11.5 Å². The fourth-order valence-electron chi connectivity index (χ4n) is 3.63. The van der Waals surface area contributed by atoms with Crippen molar-refractivity contribution in [3.63, 3.8) is 0 Å². The zero-order valence-electron chi connectivity index (χ0n) is 15.9. The molecule has 0 saturated heterocycles. The van der Waals surface area contributed by atoms with Crippen LogP contribution >= 0.6 is 11.6 Å². The van der Waals surface area contributed by atoms with Gasteiger partial charge in [-0.15, -0.1) is 0 Å². The maximum Gasteiger partial charge on any atom is 0.272 e. The molecule has 0 saturated carbocycles. The summed E-state index contributed by atoms with van der Waals surface area (Å²) >= 11 is 6.17. The summed E-state index contributed by atoms with van der Waals surface area (Å²) in [5.41, 5.74) is 5.22. The minimum Gasteiger partial charge on any atom is -0.493 e. The van der Waals surface area contributed by atoms with Crippen molar-refractivity contribution in [1.29, 1.82) is 0 Å². The van der Waals surface area contributed by atoms with E-state index >= 15 is 0 Å². The van der Waals surface area contributed by atoms with E-state index in [9.17, 15) is 4.79 Å². The van der Waals surface area contributed by atoms with Crippen LogP contribution < -0.4 is 14.8 Å². The van der Waals surface area contributed by atoms with Gasteiger partial charge in [0.05, 0.1) is 19.9 Å². The number of carbonyl (C=O) groups excluding carboxylic acids is 1. The van der Waals surface area contributed by atoms with Gasteiger partial charge in [-0.1, -0.05) is 29.8 Å². The molecule has 0 spiro atoms. The summed E-state index contributed by atoms with van der Waals surface area (Å²) in [4.78, 5) is 12.8. The number of hydrogen-bond acceptors (Lipinski definition) is 4. The van der Waals surface area contributed by atoms with Gasteiger partial charge in [0, 0.05) is 36.2 Å². The molecule has 7 heteroatoms. The highest BCUT2D eigenvalue weighted by atomic mass is 35.5. The summed E-state index contributed by atoms with van der Waals surface area (Å²) in [6.07, 6.45) is 0.619. The second-order valence-electron chi connectivity index (χ2n) is 6.61. The highest BCUT2D eigenvalue weighted by Crippen LogP contribution is 2.43. The number of carbonyl (C=O) groups is 1. The minimum absolute atomic E-state index is 0.219. The highest BCUT2D eigenvalue weighted by molar-refractivity contribution is 6.31. The molecule has 0 aliphatic heterocycles. The number of aryl methyl sites for hydroxylation is 1. The molecule has 4 rings (SSSR count). The van der Waals surface area contributed by atoms with E-state index < -0.39 is 0 Å². The summed E-state index contributed by atoms with van der Waals surface area (Å²) < 4.78 is 12.6. The molecule has 1 aromatic heterocycles. The Morgan fingerprint density at radius 1 is 1.21 bits per heavy atom. The number of fused-ring (bicyclic) bond motifs is 3. The summed E-state index contributed by atoms with van der Waals surface area (Å²) in [6.45, 7) is 0.346. The largest absolute Gasteiger partial charge is 0.493 e. The van der Waals surface area contributed by atoms with Crippen molar-refractivity contribution < 1.29 is 14.3 Å². The minimum atomic E-state index is -0.219. The van der Waals surface area contributed by atoms with Crippen molar-refractivity contribution in [3.8, 4) is 22.8 Å². The van der Waals surface area contributed by atoms with Gasteiger partial charge in [-0.05, 0) is 29.3 Å². The van der Waals surface area contributed by atoms with Gasteiger partial charge in [-0.3, -0.25) is 9.48 Å². The van der Waals surface area contributed by atoms with Gasteiger partial charge in [0.25, 0.3) is 5.91 Å². The van der Waals surface area contributed by atoms with E-state index in [1.165, 1.54) is 0 Å². The molecule has 144 valence electrons. The van der Waals surface area contributed by atoms with Crippen LogP contribution in [0.4, 0.5) is 0 Å². The van der Waals surface area contributed by atoms with Gasteiger partial charge in [0.2, 0.25) is 0 Å². The van der Waals surface area contributed by atoms with Crippen molar-refractivity contribution in [2.45, 2.75) is 13.0 Å². The smallest absolute Gasteiger partial charge is 0.272 e. The number of ether oxygens (including phenoxy) is 2. The van der Waals surface area contributed by atoms with Crippen molar-refractivity contribution in [2.24, 2.45) is 7.05 Å². The molecule has 2 aromatic carbocycles. The maximum atomic E-state index is 12.8. The van der Waals surface area contributed by atoms with Crippen LogP contribution in [0.3, 0.4) is 0 Å². The third kappa shape index (κ3) is 2.99. The Morgan fingerprint density at radius 2 is 1.93 bits per heavy atom. The monoisotopic (exact) mass is 397 g/mol. The zero-order chi connectivity index (χ0) is 19.8. The third-order valence-electron chi connectivity index (χ3n) is 4.99. The molecule has 0 unspecified atom stereocenters. The summed E-state index contributed by atoms with van der Waals surface area (Å²) in [6, 6.07) is 11.3. The Balaban J connectivity index is 1.64. The number of hydrogen-bond donors (Lipinski definition) is 1. The van der Waals surface area contributed by atoms with Crippen LogP contribution in [0, 0.1) is 0 Å². The van der Waals surface area contributed by atoms with E-state index in [0.29, 0.717) is 35.2 Å². The predicted molar refractivity (Wildman–Crippen MR) is 107 cm³/mol. The predicted octanol–water partition coefficient (Wildman–Crippen LogP) is 3.59. The Kier molecular flexibility index (Phi) is 4.73. The Labute approximate surface area is 168 Å². The van der Waals surface area contributed by atoms with Crippen LogP contribution in [0.25, 0.3) is 11.3 Å². The fourth-order valence-corrected chi connectivity index (χ4v) is 3.84. The molecule has 1 aliphatic rings. The summed E-state index contributed by atoms with van der Waals surface area (Å²) in [5, 5.41) is 8.01. The van der Waals surface area contributed by atoms with Crippen LogP contribution in [0.1, 0.15) is 27.2 Å². The van der Waals surface area contributed by atoms with E-state index in [2.05, 4.69) is 10.4 Å². The standard InChI is InChI=1S/C21H20ClN3O3/c1-25-20-14-10-18(28-3)17(27-2)9-13(14)8-15(20)19(24-25)21(26)23-11-12-6-4-5-7-16(12)22/h4-7,9-10H,8,11H2,1-3H3,(H,23,26). The van der Waals surface area contributed by atoms with E-state index in [1.807, 2.05) is 37.4 Å². The molecule has 28 heavy (non-hydrogen) atoms. The SMILES string of the molecule is COc1cc2c(cc1OC)-c1c(c(C(=O)NCc3ccccc3Cl)nn1C)C2. The second-order valence-corrected chi connectivity index (χ2v) is 7.02. The van der Waals surface area contributed by atoms with Gasteiger partial charge < -0.3 is 14.8 Å². The quantitative estimate of drug-likeness (QED) is 0.559. The van der Waals surface area contributed by atoms with E-state index in [0.717, 1.165) is 27.9 Å². The first kappa shape index (κ1) is 18.4. The summed E-state index contributed by atoms with van der Waals surface area (Å²) in [7, 11) is 5.06. The highest BCUT2D eigenvalue weighted by Gasteiger charge is 2.30. The Hall–Kier alpha value is -2.99. The normalized spacial score (nSPS) is 11.7. The van der Waals surface area contributed by atoms with E-state index in [1.54, 1.807) is 25.0 Å². The van der Waals surface area contributed by atoms with Gasteiger partial charge in [-0.2, -0.15) is 5.10 Å². The van der Waals surface area contributed by atoms with Gasteiger partial charge in [0.15, 0.2) is 17.2 Å². The molecule has 0 bridgehead atoms. The maximum absolute atomic E-state index is 12.8. The molecule has 0 fully saturated rings. The van der Waals surface area contributed by atoms with Crippen LogP contribution in [-0.2, 0) is 20.0 Å². The third-order valence-corrected chi connectivity index (χ3v) is 5.36. The van der Waals surface area contributed by atoms with Gasteiger partial charge in [0.1, 0.15) is 0 Å². The van der Waals surface area contributed by atoms with Crippen LogP contribution in [0.15, 0.2) is 36.4 Å². The van der Waals surface area contributed by atoms with E-state index in [-0.39, 0.29) is 5.91 Å². The second kappa shape index (κ2) is 7.20. The Morgan fingerprint density at radius 3 is 2.64 bits per heavy atom. The topological polar surface area (TPSA) is 65.4 Å². The number of nitrogens with one attached hydrogen (secondary N) is 1. The molecule has 6 nitrogen and oxygen atoms in total. The zero-order valence-corrected chi connectivity index (χ0v) is 16.6. The summed E-state index contributed by atoms with van der Waals surface area (Å²) in [5.74, 6) is 1.11. The number of nitrogens with zero attached hydrogens (tertiary/aromatic N) is 2. The number of halogens is 1. The molecule has 0 atom stereocenters. The van der Waals surface area contributed by atoms with Crippen molar-refractivity contribution >= 4 is 17.5 Å². The lowest BCUT2D eigenvalue weighted by Crippen LogP contribution is -2.24. The first-order valence-electron chi connectivity index (χ1n) is 8.86. The van der Waals surface area contributed by atoms with Crippen molar-refractivity contribution in [2.75, 3.05) is 14.2 Å². The molecule has 1 aliphatic carbocycles. The van der Waals surface area contributed by atoms with Crippen molar-refractivity contribution in [1.82, 2.24) is 15.1 Å². The fraction of sp³-hybridized carbons (Fsp3) is 0.238. The molecule has 3 aromatic rings. The molecule has 1 amide bonds. The number of aromatic nitrogens is 2. The lowest BCUT2D eigenvalue weighted by atomic mass is 10.1. The number of rotatable bonds is 5. The molecule has 1 N–H and O–H groups in total. The first-order chi connectivity index (χ1) is 13.5. The molecule has 0 radical (unpaired) electrons. The van der Waals surface area contributed by atoms with Gasteiger partial charge in [-0.25, -0.2) is 0 Å². The van der Waals surface area contributed by atoms with Crippen molar-refractivity contribution in [3.05, 3.63) is 63.8 Å². The lowest BCUT2D eigenvalue weighted by molar-refractivity contribution is 0.0944. The van der Waals surface area contributed by atoms with Crippen LogP contribution in [-0.4, -0.2) is 29.9 Å². The average molecular weight is 398 g/mol. The number of benzene rings is 2. The number of methoxy groups -OCH3 is 2. The average Bonchev–Trinajstić information content (AvgIpc) is 3.22. The molecular formula is C21H20ClN3O3. The van der Waals surface area contributed by atoms with Gasteiger partial charge >= 0.3 is 0 Å². The molecule has 1 heterocycles. The molecular weight excluding hydrogens is 378 g/mol. The van der Waals surface area contributed by atoms with E-state index in [4.69, 9.17) is 21.1 Å². The number of amides is 1.